The second kappa shape index (κ2) is 11.2. The fourth-order valence-corrected chi connectivity index (χ4v) is 3.81. The number of carbonyl (C=O) groups is 1. The first-order chi connectivity index (χ1) is 12.8. The van der Waals surface area contributed by atoms with Crippen molar-refractivity contribution >= 4 is 25.0 Å². The molecular weight excluding hydrogens is 333 g/mol. The van der Waals surface area contributed by atoms with Crippen LogP contribution in [0, 0.1) is 5.92 Å². The van der Waals surface area contributed by atoms with E-state index in [-0.39, 0.29) is 31.6 Å². The normalized spacial score (nSPS) is 15.7. The molecular formula is C22H27LiNO3. The SMILES string of the molecule is O=C(OCc1ccccc1)N1CCC([C@@H](CCO)c2ccccc2)CC1.[Li]. The molecule has 0 unspecified atom stereocenters. The van der Waals surface area contributed by atoms with Crippen LogP contribution in [0.3, 0.4) is 0 Å². The van der Waals surface area contributed by atoms with Crippen LogP contribution in [0.15, 0.2) is 60.7 Å². The van der Waals surface area contributed by atoms with Crippen LogP contribution < -0.4 is 0 Å². The van der Waals surface area contributed by atoms with Crippen molar-refractivity contribution in [1.29, 1.82) is 0 Å². The summed E-state index contributed by atoms with van der Waals surface area (Å²) in [5.41, 5.74) is 2.29. The van der Waals surface area contributed by atoms with Crippen molar-refractivity contribution in [2.75, 3.05) is 19.7 Å². The number of benzene rings is 2. The fraction of sp³-hybridized carbons (Fsp3) is 0.409. The first kappa shape index (κ1) is 21.6. The van der Waals surface area contributed by atoms with Gasteiger partial charge in [-0.2, -0.15) is 0 Å². The Morgan fingerprint density at radius 1 is 1.04 bits per heavy atom. The van der Waals surface area contributed by atoms with Crippen molar-refractivity contribution in [3.05, 3.63) is 71.8 Å². The minimum atomic E-state index is -0.231. The van der Waals surface area contributed by atoms with E-state index in [9.17, 15) is 9.90 Å². The summed E-state index contributed by atoms with van der Waals surface area (Å²) < 4.78 is 5.44. The Balaban J connectivity index is 0.00000261. The molecule has 5 heteroatoms. The molecule has 2 aromatic rings. The summed E-state index contributed by atoms with van der Waals surface area (Å²) in [6.07, 6.45) is 2.43. The van der Waals surface area contributed by atoms with Crippen LogP contribution in [-0.2, 0) is 11.3 Å². The minimum Gasteiger partial charge on any atom is -0.445 e. The Hall–Kier alpha value is -1.73. The molecule has 0 aromatic heterocycles. The molecule has 1 atom stereocenters. The second-order valence-corrected chi connectivity index (χ2v) is 6.89. The number of rotatable bonds is 6. The van der Waals surface area contributed by atoms with Crippen molar-refractivity contribution in [3.8, 4) is 0 Å². The second-order valence-electron chi connectivity index (χ2n) is 6.89. The number of ether oxygens (including phenoxy) is 1. The van der Waals surface area contributed by atoms with Crippen LogP contribution in [0.2, 0.25) is 0 Å². The largest absolute Gasteiger partial charge is 0.445 e. The van der Waals surface area contributed by atoms with Gasteiger partial charge in [0.25, 0.3) is 0 Å². The zero-order valence-electron chi connectivity index (χ0n) is 16.1. The first-order valence-electron chi connectivity index (χ1n) is 9.39. The van der Waals surface area contributed by atoms with Crippen LogP contribution in [0.5, 0.6) is 0 Å². The molecule has 0 saturated carbocycles. The van der Waals surface area contributed by atoms with Crippen molar-refractivity contribution < 1.29 is 14.6 Å². The van der Waals surface area contributed by atoms with E-state index in [1.807, 2.05) is 36.4 Å². The Morgan fingerprint density at radius 2 is 1.63 bits per heavy atom. The molecule has 1 amide bonds. The van der Waals surface area contributed by atoms with Crippen LogP contribution in [0.25, 0.3) is 0 Å². The fourth-order valence-electron chi connectivity index (χ4n) is 3.81. The van der Waals surface area contributed by atoms with E-state index in [1.54, 1.807) is 4.90 Å². The Bertz CT molecular complexity index is 672. The number of piperidine rings is 1. The van der Waals surface area contributed by atoms with Crippen LogP contribution >= 0.6 is 0 Å². The number of aliphatic hydroxyl groups excluding tert-OH is 1. The van der Waals surface area contributed by atoms with Gasteiger partial charge in [0.15, 0.2) is 0 Å². The molecule has 0 aliphatic carbocycles. The molecule has 3 rings (SSSR count). The molecule has 0 spiro atoms. The van der Waals surface area contributed by atoms with Crippen LogP contribution in [-0.4, -0.2) is 54.7 Å². The van der Waals surface area contributed by atoms with E-state index in [2.05, 4.69) is 24.3 Å². The van der Waals surface area contributed by atoms with E-state index in [0.29, 0.717) is 31.5 Å². The molecule has 27 heavy (non-hydrogen) atoms. The third-order valence-corrected chi connectivity index (χ3v) is 5.24. The van der Waals surface area contributed by atoms with Crippen LogP contribution in [0.4, 0.5) is 4.79 Å². The first-order valence-corrected chi connectivity index (χ1v) is 9.39. The number of hydrogen-bond donors (Lipinski definition) is 1. The van der Waals surface area contributed by atoms with Gasteiger partial charge in [-0.3, -0.25) is 0 Å². The zero-order chi connectivity index (χ0) is 18.2. The van der Waals surface area contributed by atoms with Gasteiger partial charge in [0.1, 0.15) is 6.61 Å². The van der Waals surface area contributed by atoms with E-state index in [1.165, 1.54) is 5.56 Å². The van der Waals surface area contributed by atoms with Gasteiger partial charge in [0.2, 0.25) is 0 Å². The molecule has 2 aromatic carbocycles. The number of likely N-dealkylation sites (tertiary alicyclic amines) is 1. The Morgan fingerprint density at radius 3 is 2.22 bits per heavy atom. The number of aliphatic hydroxyl groups is 1. The number of carbonyl (C=O) groups excluding carboxylic acids is 1. The summed E-state index contributed by atoms with van der Waals surface area (Å²) in [6, 6.07) is 20.2. The predicted octanol–water partition coefficient (Wildman–Crippen LogP) is 3.82. The van der Waals surface area contributed by atoms with Crippen molar-refractivity contribution in [2.24, 2.45) is 5.92 Å². The molecule has 1 aliphatic heterocycles. The van der Waals surface area contributed by atoms with E-state index in [0.717, 1.165) is 24.8 Å². The number of hydrogen-bond acceptors (Lipinski definition) is 3. The van der Waals surface area contributed by atoms with Gasteiger partial charge >= 0.3 is 6.09 Å². The topological polar surface area (TPSA) is 49.8 Å². The van der Waals surface area contributed by atoms with Crippen molar-refractivity contribution in [1.82, 2.24) is 4.90 Å². The predicted molar refractivity (Wildman–Crippen MR) is 108 cm³/mol. The third kappa shape index (κ3) is 6.14. The van der Waals surface area contributed by atoms with Crippen molar-refractivity contribution in [3.63, 3.8) is 0 Å². The van der Waals surface area contributed by atoms with Gasteiger partial charge in [-0.05, 0) is 42.2 Å². The molecule has 1 fully saturated rings. The van der Waals surface area contributed by atoms with Gasteiger partial charge in [-0.25, -0.2) is 4.79 Å². The average Bonchev–Trinajstić information content (AvgIpc) is 2.72. The van der Waals surface area contributed by atoms with Gasteiger partial charge in [-0.1, -0.05) is 60.7 Å². The zero-order valence-corrected chi connectivity index (χ0v) is 16.1. The van der Waals surface area contributed by atoms with E-state index in [4.69, 9.17) is 4.74 Å². The maximum Gasteiger partial charge on any atom is 0.410 e. The summed E-state index contributed by atoms with van der Waals surface area (Å²) >= 11 is 0. The molecule has 1 N–H and O–H groups in total. The molecule has 1 aliphatic rings. The van der Waals surface area contributed by atoms with E-state index < -0.39 is 0 Å². The summed E-state index contributed by atoms with van der Waals surface area (Å²) in [5, 5.41) is 9.46. The van der Waals surface area contributed by atoms with Gasteiger partial charge < -0.3 is 14.7 Å². The minimum absolute atomic E-state index is 0. The molecule has 1 heterocycles. The van der Waals surface area contributed by atoms with Gasteiger partial charge in [-0.15, -0.1) is 0 Å². The number of nitrogens with zero attached hydrogens (tertiary/aromatic N) is 1. The monoisotopic (exact) mass is 360 g/mol. The molecule has 139 valence electrons. The molecule has 1 radical (unpaired) electrons. The standard InChI is InChI=1S/C22H27NO3.Li/c24-16-13-21(19-9-5-2-6-10-19)20-11-14-23(15-12-20)22(25)26-17-18-7-3-1-4-8-18;/h1-10,20-21,24H,11-17H2;/t21-;/m0./s1. The van der Waals surface area contributed by atoms with Gasteiger partial charge in [0, 0.05) is 38.6 Å². The Labute approximate surface area is 173 Å². The van der Waals surface area contributed by atoms with Crippen LogP contribution in [0.1, 0.15) is 36.3 Å². The number of amides is 1. The summed E-state index contributed by atoms with van der Waals surface area (Å²) in [4.78, 5) is 14.1. The maximum atomic E-state index is 12.3. The summed E-state index contributed by atoms with van der Waals surface area (Å²) in [5.74, 6) is 0.839. The quantitative estimate of drug-likeness (QED) is 0.797. The third-order valence-electron chi connectivity index (χ3n) is 5.24. The maximum absolute atomic E-state index is 12.3. The molecule has 1 saturated heterocycles. The summed E-state index contributed by atoms with van der Waals surface area (Å²) in [7, 11) is 0. The molecule has 0 bridgehead atoms. The average molecular weight is 360 g/mol. The van der Waals surface area contributed by atoms with Gasteiger partial charge in [0.05, 0.1) is 0 Å². The molecule has 4 nitrogen and oxygen atoms in total. The Kier molecular flexibility index (Phi) is 8.94. The summed E-state index contributed by atoms with van der Waals surface area (Å²) in [6.45, 7) is 1.94. The smallest absolute Gasteiger partial charge is 0.410 e. The van der Waals surface area contributed by atoms with Crippen molar-refractivity contribution in [2.45, 2.75) is 31.8 Å². The van der Waals surface area contributed by atoms with E-state index >= 15 is 0 Å².